The zero-order chi connectivity index (χ0) is 15.9. The maximum Gasteiger partial charge on any atom is 0.414 e. The SMILES string of the molecule is NC(=O)CC(O)C(F)(F)F.NCCC(O)C(F)(F)F. The minimum Gasteiger partial charge on any atom is -0.384 e. The van der Waals surface area contributed by atoms with E-state index in [2.05, 4.69) is 5.73 Å². The van der Waals surface area contributed by atoms with Crippen molar-refractivity contribution in [3.05, 3.63) is 0 Å². The third kappa shape index (κ3) is 11.7. The normalized spacial score (nSPS) is 15.2. The van der Waals surface area contributed by atoms with Gasteiger partial charge >= 0.3 is 12.4 Å². The number of carbonyl (C=O) groups excluding carboxylic acids is 1. The molecule has 0 aliphatic carbocycles. The molecule has 2 unspecified atom stereocenters. The average Bonchev–Trinajstić information content (AvgIpc) is 2.15. The zero-order valence-electron chi connectivity index (χ0n) is 9.50. The Morgan fingerprint density at radius 3 is 1.47 bits per heavy atom. The number of alkyl halides is 6. The summed E-state index contributed by atoms with van der Waals surface area (Å²) in [7, 11) is 0. The summed E-state index contributed by atoms with van der Waals surface area (Å²) < 4.78 is 68.0. The first kappa shape index (κ1) is 20.3. The summed E-state index contributed by atoms with van der Waals surface area (Å²) in [5, 5.41) is 16.3. The van der Waals surface area contributed by atoms with Crippen molar-refractivity contribution in [2.75, 3.05) is 6.54 Å². The Morgan fingerprint density at radius 2 is 1.37 bits per heavy atom. The molecular formula is C8H14F6N2O3. The van der Waals surface area contributed by atoms with Gasteiger partial charge in [-0.25, -0.2) is 0 Å². The predicted molar refractivity (Wildman–Crippen MR) is 51.6 cm³/mol. The van der Waals surface area contributed by atoms with Crippen molar-refractivity contribution >= 4 is 5.91 Å². The highest BCUT2D eigenvalue weighted by molar-refractivity contribution is 5.74. The number of hydrogen-bond donors (Lipinski definition) is 4. The van der Waals surface area contributed by atoms with E-state index in [1.54, 1.807) is 0 Å². The molecule has 11 heteroatoms. The Kier molecular flexibility index (Phi) is 8.71. The van der Waals surface area contributed by atoms with Crippen LogP contribution in [0.1, 0.15) is 12.8 Å². The monoisotopic (exact) mass is 300 g/mol. The van der Waals surface area contributed by atoms with Crippen LogP contribution in [0.3, 0.4) is 0 Å². The lowest BCUT2D eigenvalue weighted by Gasteiger charge is -2.12. The van der Waals surface area contributed by atoms with Crippen molar-refractivity contribution < 1.29 is 41.4 Å². The van der Waals surface area contributed by atoms with Crippen LogP contribution in [-0.4, -0.2) is 47.2 Å². The van der Waals surface area contributed by atoms with Gasteiger partial charge in [0.05, 0.1) is 6.42 Å². The maximum atomic E-state index is 11.4. The first-order valence-electron chi connectivity index (χ1n) is 4.80. The molecule has 0 radical (unpaired) electrons. The van der Waals surface area contributed by atoms with Crippen molar-refractivity contribution in [2.45, 2.75) is 37.4 Å². The number of amides is 1. The number of rotatable bonds is 4. The smallest absolute Gasteiger partial charge is 0.384 e. The largest absolute Gasteiger partial charge is 0.414 e. The third-order valence-corrected chi connectivity index (χ3v) is 1.59. The molecule has 116 valence electrons. The second kappa shape index (κ2) is 8.17. The Labute approximate surface area is 104 Å². The molecule has 0 aromatic carbocycles. The van der Waals surface area contributed by atoms with Crippen molar-refractivity contribution in [3.63, 3.8) is 0 Å². The lowest BCUT2D eigenvalue weighted by molar-refractivity contribution is -0.205. The van der Waals surface area contributed by atoms with Gasteiger partial charge in [0, 0.05) is 0 Å². The summed E-state index contributed by atoms with van der Waals surface area (Å²) in [6.07, 6.45) is -15.7. The number of carbonyl (C=O) groups is 1. The molecule has 6 N–H and O–H groups in total. The molecule has 0 saturated carbocycles. The van der Waals surface area contributed by atoms with Gasteiger partial charge in [-0.05, 0) is 13.0 Å². The molecule has 0 spiro atoms. The van der Waals surface area contributed by atoms with Gasteiger partial charge in [-0.2, -0.15) is 26.3 Å². The van der Waals surface area contributed by atoms with Gasteiger partial charge in [0.25, 0.3) is 0 Å². The van der Waals surface area contributed by atoms with Crippen molar-refractivity contribution in [3.8, 4) is 0 Å². The minimum absolute atomic E-state index is 0.152. The summed E-state index contributed by atoms with van der Waals surface area (Å²) in [5.41, 5.74) is 9.16. The second-order valence-electron chi connectivity index (χ2n) is 3.36. The summed E-state index contributed by atoms with van der Waals surface area (Å²) in [5.74, 6) is -1.18. The number of halogens is 6. The Bertz CT molecular complexity index is 268. The van der Waals surface area contributed by atoms with E-state index in [0.29, 0.717) is 0 Å². The van der Waals surface area contributed by atoms with E-state index in [1.807, 2.05) is 0 Å². The van der Waals surface area contributed by atoms with E-state index in [9.17, 15) is 31.1 Å². The quantitative estimate of drug-likeness (QED) is 0.550. The molecule has 0 aliphatic rings. The van der Waals surface area contributed by atoms with Crippen LogP contribution in [0.25, 0.3) is 0 Å². The molecular weight excluding hydrogens is 286 g/mol. The van der Waals surface area contributed by atoms with Crippen LogP contribution in [0.15, 0.2) is 0 Å². The molecule has 0 bridgehead atoms. The van der Waals surface area contributed by atoms with E-state index in [0.717, 1.165) is 0 Å². The minimum atomic E-state index is -4.75. The fraction of sp³-hybridized carbons (Fsp3) is 0.875. The molecule has 19 heavy (non-hydrogen) atoms. The first-order chi connectivity index (χ1) is 8.32. The van der Waals surface area contributed by atoms with E-state index < -0.39 is 43.3 Å². The van der Waals surface area contributed by atoms with Gasteiger partial charge in [-0.3, -0.25) is 4.79 Å². The molecule has 0 fully saturated rings. The van der Waals surface area contributed by atoms with Crippen LogP contribution in [0, 0.1) is 0 Å². The summed E-state index contributed by atoms with van der Waals surface area (Å²) in [6.45, 7) is -0.152. The van der Waals surface area contributed by atoms with Gasteiger partial charge in [0.2, 0.25) is 5.91 Å². The average molecular weight is 300 g/mol. The molecule has 0 aromatic rings. The lowest BCUT2D eigenvalue weighted by Crippen LogP contribution is -2.32. The van der Waals surface area contributed by atoms with Crippen LogP contribution >= 0.6 is 0 Å². The number of aliphatic hydroxyl groups is 2. The van der Waals surface area contributed by atoms with Crippen LogP contribution in [0.5, 0.6) is 0 Å². The lowest BCUT2D eigenvalue weighted by atomic mass is 10.2. The number of aliphatic hydroxyl groups excluding tert-OH is 2. The van der Waals surface area contributed by atoms with Crippen molar-refractivity contribution in [2.24, 2.45) is 11.5 Å². The number of hydrogen-bond acceptors (Lipinski definition) is 4. The van der Waals surface area contributed by atoms with Gasteiger partial charge in [-0.1, -0.05) is 0 Å². The predicted octanol–water partition coefficient (Wildman–Crippen LogP) is 0.0434. The fourth-order valence-electron chi connectivity index (χ4n) is 0.628. The van der Waals surface area contributed by atoms with E-state index in [4.69, 9.17) is 15.9 Å². The van der Waals surface area contributed by atoms with Gasteiger partial charge in [-0.15, -0.1) is 0 Å². The Balaban J connectivity index is 0. The molecule has 0 heterocycles. The third-order valence-electron chi connectivity index (χ3n) is 1.59. The van der Waals surface area contributed by atoms with Crippen LogP contribution in [-0.2, 0) is 4.79 Å². The molecule has 0 rings (SSSR count). The highest BCUT2D eigenvalue weighted by atomic mass is 19.4. The number of nitrogens with two attached hydrogens (primary N) is 2. The topological polar surface area (TPSA) is 110 Å². The Morgan fingerprint density at radius 1 is 1.00 bits per heavy atom. The van der Waals surface area contributed by atoms with E-state index in [-0.39, 0.29) is 6.54 Å². The highest BCUT2D eigenvalue weighted by Gasteiger charge is 2.39. The molecule has 5 nitrogen and oxygen atoms in total. The van der Waals surface area contributed by atoms with Gasteiger partial charge < -0.3 is 21.7 Å². The first-order valence-corrected chi connectivity index (χ1v) is 4.80. The van der Waals surface area contributed by atoms with Crippen LogP contribution in [0.4, 0.5) is 26.3 Å². The zero-order valence-corrected chi connectivity index (χ0v) is 9.50. The second-order valence-corrected chi connectivity index (χ2v) is 3.36. The molecule has 1 amide bonds. The Hall–Kier alpha value is -1.07. The van der Waals surface area contributed by atoms with E-state index in [1.165, 1.54) is 0 Å². The van der Waals surface area contributed by atoms with Gasteiger partial charge in [0.15, 0.2) is 12.2 Å². The molecule has 0 aliphatic heterocycles. The molecule has 0 saturated heterocycles. The van der Waals surface area contributed by atoms with Crippen LogP contribution < -0.4 is 11.5 Å². The van der Waals surface area contributed by atoms with Crippen molar-refractivity contribution in [1.82, 2.24) is 0 Å². The summed E-state index contributed by atoms with van der Waals surface area (Å²) in [4.78, 5) is 9.82. The number of primary amides is 1. The van der Waals surface area contributed by atoms with Crippen molar-refractivity contribution in [1.29, 1.82) is 0 Å². The summed E-state index contributed by atoms with van der Waals surface area (Å²) >= 11 is 0. The van der Waals surface area contributed by atoms with Gasteiger partial charge in [0.1, 0.15) is 0 Å². The molecule has 0 aromatic heterocycles. The molecule has 2 atom stereocenters. The summed E-state index contributed by atoms with van der Waals surface area (Å²) in [6, 6.07) is 0. The highest BCUT2D eigenvalue weighted by Crippen LogP contribution is 2.22. The maximum absolute atomic E-state index is 11.4. The van der Waals surface area contributed by atoms with E-state index >= 15 is 0 Å². The van der Waals surface area contributed by atoms with Crippen LogP contribution in [0.2, 0.25) is 0 Å². The fourth-order valence-corrected chi connectivity index (χ4v) is 0.628. The standard InChI is InChI=1S/C4H6F3NO2.C4H8F3NO/c5-4(6,7)2(9)1-3(8)10;5-4(6,7)3(9)1-2-8/h2,9H,1H2,(H2,8,10);3,9H,1-2,8H2.